The number of benzene rings is 2. The average Bonchev–Trinajstić information content (AvgIpc) is 3.07. The van der Waals surface area contributed by atoms with Crippen molar-refractivity contribution in [3.63, 3.8) is 0 Å². The number of primary amides is 1. The molecule has 25 heavy (non-hydrogen) atoms. The number of nitrogens with two attached hydrogens (primary N) is 1. The highest BCUT2D eigenvalue weighted by Crippen LogP contribution is 2.24. The standard InChI is InChI=1S/C18H16N2O4S/c1-12-2-6-14(7-3-12)20-25(22,23)15-8-4-13(5-9-15)16-10-11-17(24-16)18(19)21/h2-11,20H,1H3,(H2,19,21). The van der Waals surface area contributed by atoms with Crippen LogP contribution in [-0.4, -0.2) is 14.3 Å². The number of hydrogen-bond acceptors (Lipinski definition) is 4. The van der Waals surface area contributed by atoms with E-state index < -0.39 is 15.9 Å². The summed E-state index contributed by atoms with van der Waals surface area (Å²) in [5.41, 5.74) is 7.32. The van der Waals surface area contributed by atoms with Crippen molar-refractivity contribution in [1.29, 1.82) is 0 Å². The topological polar surface area (TPSA) is 102 Å². The van der Waals surface area contributed by atoms with Gasteiger partial charge in [-0.25, -0.2) is 8.42 Å². The molecule has 0 bridgehead atoms. The zero-order valence-corrected chi connectivity index (χ0v) is 14.2. The van der Waals surface area contributed by atoms with Crippen LogP contribution in [0.2, 0.25) is 0 Å². The van der Waals surface area contributed by atoms with Gasteiger partial charge in [-0.2, -0.15) is 0 Å². The molecule has 2 aromatic carbocycles. The molecule has 1 aromatic heterocycles. The molecule has 3 N–H and O–H groups in total. The lowest BCUT2D eigenvalue weighted by molar-refractivity contribution is 0.0974. The van der Waals surface area contributed by atoms with Crippen LogP contribution in [0.5, 0.6) is 0 Å². The molecule has 0 saturated carbocycles. The third kappa shape index (κ3) is 3.72. The Hall–Kier alpha value is -3.06. The third-order valence-corrected chi connectivity index (χ3v) is 5.00. The van der Waals surface area contributed by atoms with Crippen molar-refractivity contribution in [2.24, 2.45) is 5.73 Å². The molecule has 0 fully saturated rings. The van der Waals surface area contributed by atoms with Crippen molar-refractivity contribution >= 4 is 21.6 Å². The van der Waals surface area contributed by atoms with Crippen LogP contribution >= 0.6 is 0 Å². The molecule has 3 rings (SSSR count). The third-order valence-electron chi connectivity index (χ3n) is 3.60. The highest BCUT2D eigenvalue weighted by Gasteiger charge is 2.15. The van der Waals surface area contributed by atoms with Gasteiger partial charge in [-0.05, 0) is 55.5 Å². The largest absolute Gasteiger partial charge is 0.451 e. The summed E-state index contributed by atoms with van der Waals surface area (Å²) in [6, 6.07) is 16.3. The number of carbonyl (C=O) groups is 1. The number of aryl methyl sites for hydroxylation is 1. The zero-order chi connectivity index (χ0) is 18.0. The maximum absolute atomic E-state index is 12.4. The number of hydrogen-bond donors (Lipinski definition) is 2. The molecule has 0 aliphatic carbocycles. The van der Waals surface area contributed by atoms with Gasteiger partial charge in [0.25, 0.3) is 15.9 Å². The van der Waals surface area contributed by atoms with Gasteiger partial charge in [0.2, 0.25) is 0 Å². The Balaban J connectivity index is 1.83. The first-order valence-electron chi connectivity index (χ1n) is 7.45. The number of sulfonamides is 1. The molecule has 0 aliphatic heterocycles. The van der Waals surface area contributed by atoms with Crippen LogP contribution in [0.3, 0.4) is 0 Å². The van der Waals surface area contributed by atoms with Crippen LogP contribution < -0.4 is 10.5 Å². The predicted molar refractivity (Wildman–Crippen MR) is 94.6 cm³/mol. The van der Waals surface area contributed by atoms with E-state index in [1.54, 1.807) is 30.3 Å². The van der Waals surface area contributed by atoms with Gasteiger partial charge in [0.15, 0.2) is 5.76 Å². The van der Waals surface area contributed by atoms with Gasteiger partial charge in [-0.3, -0.25) is 9.52 Å². The fourth-order valence-electron chi connectivity index (χ4n) is 2.26. The lowest BCUT2D eigenvalue weighted by Gasteiger charge is -2.08. The van der Waals surface area contributed by atoms with Gasteiger partial charge in [-0.15, -0.1) is 0 Å². The van der Waals surface area contributed by atoms with E-state index in [1.807, 2.05) is 19.1 Å². The summed E-state index contributed by atoms with van der Waals surface area (Å²) in [4.78, 5) is 11.2. The second kappa shape index (κ2) is 6.45. The number of rotatable bonds is 5. The Kier molecular flexibility index (Phi) is 4.33. The zero-order valence-electron chi connectivity index (χ0n) is 13.4. The quantitative estimate of drug-likeness (QED) is 0.733. The monoisotopic (exact) mass is 356 g/mol. The lowest BCUT2D eigenvalue weighted by atomic mass is 10.2. The molecular weight excluding hydrogens is 340 g/mol. The van der Waals surface area contributed by atoms with Crippen LogP contribution in [-0.2, 0) is 10.0 Å². The second-order valence-corrected chi connectivity index (χ2v) is 7.21. The Bertz CT molecular complexity index is 1000. The number of carbonyl (C=O) groups excluding carboxylic acids is 1. The number of nitrogens with one attached hydrogen (secondary N) is 1. The SMILES string of the molecule is Cc1ccc(NS(=O)(=O)c2ccc(-c3ccc(C(N)=O)o3)cc2)cc1. The smallest absolute Gasteiger partial charge is 0.284 e. The van der Waals surface area contributed by atoms with Crippen LogP contribution in [0.1, 0.15) is 16.1 Å². The number of amides is 1. The van der Waals surface area contributed by atoms with Crippen molar-refractivity contribution in [3.8, 4) is 11.3 Å². The minimum atomic E-state index is -3.69. The Morgan fingerprint density at radius 2 is 1.60 bits per heavy atom. The molecule has 0 saturated heterocycles. The molecule has 1 heterocycles. The number of anilines is 1. The van der Waals surface area contributed by atoms with Crippen LogP contribution in [0.25, 0.3) is 11.3 Å². The van der Waals surface area contributed by atoms with Crippen molar-refractivity contribution in [1.82, 2.24) is 0 Å². The Morgan fingerprint density at radius 1 is 0.960 bits per heavy atom. The molecule has 6 nitrogen and oxygen atoms in total. The van der Waals surface area contributed by atoms with Gasteiger partial charge in [-0.1, -0.05) is 17.7 Å². The summed E-state index contributed by atoms with van der Waals surface area (Å²) in [5.74, 6) is -0.176. The fourth-order valence-corrected chi connectivity index (χ4v) is 3.32. The van der Waals surface area contributed by atoms with Gasteiger partial charge in [0.1, 0.15) is 5.76 Å². The lowest BCUT2D eigenvalue weighted by Crippen LogP contribution is -2.12. The molecule has 0 radical (unpaired) electrons. The summed E-state index contributed by atoms with van der Waals surface area (Å²) < 4.78 is 32.7. The van der Waals surface area contributed by atoms with E-state index >= 15 is 0 Å². The first kappa shape index (κ1) is 16.8. The summed E-state index contributed by atoms with van der Waals surface area (Å²) in [6.45, 7) is 1.93. The van der Waals surface area contributed by atoms with Crippen molar-refractivity contribution in [2.75, 3.05) is 4.72 Å². The maximum atomic E-state index is 12.4. The van der Waals surface area contributed by atoms with E-state index in [1.165, 1.54) is 18.2 Å². The minimum Gasteiger partial charge on any atom is -0.451 e. The van der Waals surface area contributed by atoms with Crippen molar-refractivity contribution in [2.45, 2.75) is 11.8 Å². The highest BCUT2D eigenvalue weighted by molar-refractivity contribution is 7.92. The molecule has 0 aliphatic rings. The number of furan rings is 1. The maximum Gasteiger partial charge on any atom is 0.284 e. The molecular formula is C18H16N2O4S. The van der Waals surface area contributed by atoms with Gasteiger partial charge in [0.05, 0.1) is 4.90 Å². The second-order valence-electron chi connectivity index (χ2n) is 5.52. The summed E-state index contributed by atoms with van der Waals surface area (Å²) in [5, 5.41) is 0. The first-order valence-corrected chi connectivity index (χ1v) is 8.93. The molecule has 1 amide bonds. The Labute approximate surface area is 145 Å². The van der Waals surface area contributed by atoms with Crippen LogP contribution in [0, 0.1) is 6.92 Å². The van der Waals surface area contributed by atoms with Crippen molar-refractivity contribution < 1.29 is 17.6 Å². The Morgan fingerprint density at radius 3 is 2.16 bits per heavy atom. The van der Waals surface area contributed by atoms with Crippen LogP contribution in [0.15, 0.2) is 70.0 Å². The molecule has 0 unspecified atom stereocenters. The normalized spacial score (nSPS) is 11.2. The molecule has 7 heteroatoms. The molecule has 0 spiro atoms. The van der Waals surface area contributed by atoms with Crippen LogP contribution in [0.4, 0.5) is 5.69 Å². The van der Waals surface area contributed by atoms with E-state index in [-0.39, 0.29) is 10.7 Å². The summed E-state index contributed by atoms with van der Waals surface area (Å²) in [6.07, 6.45) is 0. The molecule has 0 atom stereocenters. The van der Waals surface area contributed by atoms with Crippen molar-refractivity contribution in [3.05, 3.63) is 72.0 Å². The molecule has 128 valence electrons. The van der Waals surface area contributed by atoms with E-state index in [0.29, 0.717) is 17.0 Å². The molecule has 3 aromatic rings. The van der Waals surface area contributed by atoms with E-state index in [4.69, 9.17) is 10.2 Å². The first-order chi connectivity index (χ1) is 11.8. The van der Waals surface area contributed by atoms with Gasteiger partial charge >= 0.3 is 0 Å². The average molecular weight is 356 g/mol. The van der Waals surface area contributed by atoms with Gasteiger partial charge in [0, 0.05) is 11.3 Å². The van der Waals surface area contributed by atoms with E-state index in [9.17, 15) is 13.2 Å². The van der Waals surface area contributed by atoms with E-state index in [0.717, 1.165) is 5.56 Å². The predicted octanol–water partition coefficient (Wildman–Crippen LogP) is 3.15. The minimum absolute atomic E-state index is 0.0488. The van der Waals surface area contributed by atoms with E-state index in [2.05, 4.69) is 4.72 Å². The van der Waals surface area contributed by atoms with Gasteiger partial charge < -0.3 is 10.2 Å². The summed E-state index contributed by atoms with van der Waals surface area (Å²) >= 11 is 0. The summed E-state index contributed by atoms with van der Waals surface area (Å²) in [7, 11) is -3.69. The highest BCUT2D eigenvalue weighted by atomic mass is 32.2. The fraction of sp³-hybridized carbons (Fsp3) is 0.0556.